The summed E-state index contributed by atoms with van der Waals surface area (Å²) < 4.78 is 18.6. The predicted molar refractivity (Wildman–Crippen MR) is 80.9 cm³/mol. The third-order valence-corrected chi connectivity index (χ3v) is 4.10. The predicted octanol–water partition coefficient (Wildman–Crippen LogP) is 2.18. The second-order valence-electron chi connectivity index (χ2n) is 5.71. The second kappa shape index (κ2) is 6.44. The van der Waals surface area contributed by atoms with Gasteiger partial charge in [0.25, 0.3) is 0 Å². The third kappa shape index (κ3) is 3.27. The van der Waals surface area contributed by atoms with E-state index in [4.69, 9.17) is 4.74 Å². The van der Waals surface area contributed by atoms with Gasteiger partial charge in [-0.15, -0.1) is 0 Å². The number of hydrogen-bond donors (Lipinski definition) is 2. The maximum Gasteiger partial charge on any atom is 0.225 e. The van der Waals surface area contributed by atoms with Gasteiger partial charge in [-0.3, -0.25) is 4.79 Å². The van der Waals surface area contributed by atoms with Crippen LogP contribution in [0.4, 0.5) is 4.39 Å². The largest absolute Gasteiger partial charge is 0.378 e. The molecule has 118 valence electrons. The van der Waals surface area contributed by atoms with Crippen LogP contribution in [0, 0.1) is 11.7 Å². The molecule has 2 heterocycles. The minimum atomic E-state index is -0.290. The number of nitrogens with one attached hydrogen (secondary N) is 2. The number of fused-ring (bicyclic) bond motifs is 1. The molecule has 2 atom stereocenters. The van der Waals surface area contributed by atoms with Crippen molar-refractivity contribution in [2.45, 2.75) is 32.3 Å². The molecule has 0 unspecified atom stereocenters. The number of aromatic nitrogens is 2. The van der Waals surface area contributed by atoms with Crippen molar-refractivity contribution >= 4 is 16.9 Å². The summed E-state index contributed by atoms with van der Waals surface area (Å²) in [5, 5.41) is 2.93. The summed E-state index contributed by atoms with van der Waals surface area (Å²) in [4.78, 5) is 19.6. The first-order valence-electron chi connectivity index (χ1n) is 7.67. The fourth-order valence-electron chi connectivity index (χ4n) is 2.86. The highest BCUT2D eigenvalue weighted by atomic mass is 19.1. The first-order chi connectivity index (χ1) is 10.6. The maximum absolute atomic E-state index is 13.1. The van der Waals surface area contributed by atoms with Crippen LogP contribution in [0.2, 0.25) is 0 Å². The van der Waals surface area contributed by atoms with E-state index in [1.165, 1.54) is 12.1 Å². The van der Waals surface area contributed by atoms with E-state index in [-0.39, 0.29) is 23.7 Å². The van der Waals surface area contributed by atoms with Gasteiger partial charge >= 0.3 is 0 Å². The molecule has 6 heteroatoms. The lowest BCUT2D eigenvalue weighted by Gasteiger charge is -2.27. The molecule has 0 saturated carbocycles. The van der Waals surface area contributed by atoms with Crippen molar-refractivity contribution in [1.82, 2.24) is 15.3 Å². The summed E-state index contributed by atoms with van der Waals surface area (Å²) >= 11 is 0. The van der Waals surface area contributed by atoms with Crippen LogP contribution in [0.3, 0.4) is 0 Å². The molecule has 1 aromatic heterocycles. The second-order valence-corrected chi connectivity index (χ2v) is 5.71. The van der Waals surface area contributed by atoms with Gasteiger partial charge < -0.3 is 15.0 Å². The average molecular weight is 305 g/mol. The smallest absolute Gasteiger partial charge is 0.225 e. The van der Waals surface area contributed by atoms with E-state index in [9.17, 15) is 9.18 Å². The lowest BCUT2D eigenvalue weighted by Crippen LogP contribution is -2.40. The summed E-state index contributed by atoms with van der Waals surface area (Å²) in [6.07, 6.45) is 2.36. The SMILES string of the molecule is C[C@@H]1OCCC[C@@H]1C(=O)NCCc1nc2ccc(F)cc2[nH]1. The van der Waals surface area contributed by atoms with Crippen LogP contribution < -0.4 is 5.32 Å². The molecule has 5 nitrogen and oxygen atoms in total. The molecule has 2 aromatic rings. The highest BCUT2D eigenvalue weighted by Gasteiger charge is 2.28. The molecule has 0 spiro atoms. The van der Waals surface area contributed by atoms with Crippen LogP contribution >= 0.6 is 0 Å². The molecule has 1 saturated heterocycles. The fourth-order valence-corrected chi connectivity index (χ4v) is 2.86. The number of benzene rings is 1. The Morgan fingerprint density at radius 3 is 3.23 bits per heavy atom. The molecular weight excluding hydrogens is 285 g/mol. The number of nitrogens with zero attached hydrogens (tertiary/aromatic N) is 1. The van der Waals surface area contributed by atoms with Crippen molar-refractivity contribution in [2.24, 2.45) is 5.92 Å². The number of ether oxygens (including phenoxy) is 1. The molecule has 2 N–H and O–H groups in total. The molecule has 1 aliphatic heterocycles. The van der Waals surface area contributed by atoms with Crippen LogP contribution in [0.5, 0.6) is 0 Å². The minimum Gasteiger partial charge on any atom is -0.378 e. The minimum absolute atomic E-state index is 0.0251. The Morgan fingerprint density at radius 2 is 2.41 bits per heavy atom. The van der Waals surface area contributed by atoms with Crippen molar-refractivity contribution in [3.63, 3.8) is 0 Å². The molecule has 1 aliphatic rings. The van der Waals surface area contributed by atoms with E-state index < -0.39 is 0 Å². The van der Waals surface area contributed by atoms with E-state index in [1.54, 1.807) is 6.07 Å². The summed E-state index contributed by atoms with van der Waals surface area (Å²) in [6, 6.07) is 4.45. The van der Waals surface area contributed by atoms with Gasteiger partial charge in [-0.05, 0) is 38.0 Å². The van der Waals surface area contributed by atoms with Crippen LogP contribution in [0.15, 0.2) is 18.2 Å². The van der Waals surface area contributed by atoms with Crippen LogP contribution in [0.25, 0.3) is 11.0 Å². The Labute approximate surface area is 128 Å². The van der Waals surface area contributed by atoms with Crippen LogP contribution in [0.1, 0.15) is 25.6 Å². The lowest BCUT2D eigenvalue weighted by atomic mass is 9.94. The topological polar surface area (TPSA) is 67.0 Å². The zero-order chi connectivity index (χ0) is 15.5. The number of H-pyrrole nitrogens is 1. The lowest BCUT2D eigenvalue weighted by molar-refractivity contribution is -0.133. The molecular formula is C16H20FN3O2. The molecule has 0 radical (unpaired) electrons. The van der Waals surface area contributed by atoms with Crippen LogP contribution in [-0.4, -0.2) is 35.1 Å². The van der Waals surface area contributed by atoms with Gasteiger partial charge in [0.15, 0.2) is 0 Å². The normalized spacial score (nSPS) is 21.9. The highest BCUT2D eigenvalue weighted by Crippen LogP contribution is 2.20. The summed E-state index contributed by atoms with van der Waals surface area (Å²) in [5.41, 5.74) is 1.41. The van der Waals surface area contributed by atoms with Gasteiger partial charge in [-0.2, -0.15) is 0 Å². The molecule has 1 fully saturated rings. The fraction of sp³-hybridized carbons (Fsp3) is 0.500. The van der Waals surface area contributed by atoms with Gasteiger partial charge in [-0.25, -0.2) is 9.37 Å². The summed E-state index contributed by atoms with van der Waals surface area (Å²) in [5.74, 6) is 0.420. The van der Waals surface area contributed by atoms with Crippen molar-refractivity contribution in [3.8, 4) is 0 Å². The molecule has 3 rings (SSSR count). The molecule has 22 heavy (non-hydrogen) atoms. The van der Waals surface area contributed by atoms with Gasteiger partial charge in [-0.1, -0.05) is 0 Å². The molecule has 0 aliphatic carbocycles. The van der Waals surface area contributed by atoms with E-state index in [0.717, 1.165) is 30.8 Å². The zero-order valence-electron chi connectivity index (χ0n) is 12.6. The standard InChI is InChI=1S/C16H20FN3O2/c1-10-12(3-2-8-22-10)16(21)18-7-6-15-19-13-5-4-11(17)9-14(13)20-15/h4-5,9-10,12H,2-3,6-8H2,1H3,(H,18,21)(H,19,20)/t10-,12-/m0/s1. The number of carbonyl (C=O) groups is 1. The Morgan fingerprint density at radius 1 is 1.55 bits per heavy atom. The Kier molecular flexibility index (Phi) is 4.38. The van der Waals surface area contributed by atoms with Gasteiger partial charge in [0.2, 0.25) is 5.91 Å². The van der Waals surface area contributed by atoms with Crippen molar-refractivity contribution < 1.29 is 13.9 Å². The van der Waals surface area contributed by atoms with Crippen molar-refractivity contribution in [1.29, 1.82) is 0 Å². The van der Waals surface area contributed by atoms with Crippen molar-refractivity contribution in [3.05, 3.63) is 29.8 Å². The van der Waals surface area contributed by atoms with E-state index >= 15 is 0 Å². The number of aromatic amines is 1. The number of rotatable bonds is 4. The Bertz CT molecular complexity index is 670. The van der Waals surface area contributed by atoms with Crippen molar-refractivity contribution in [2.75, 3.05) is 13.2 Å². The molecule has 1 amide bonds. The number of halogens is 1. The highest BCUT2D eigenvalue weighted by molar-refractivity contribution is 5.79. The van der Waals surface area contributed by atoms with E-state index in [1.807, 2.05) is 6.92 Å². The molecule has 0 bridgehead atoms. The number of hydrogen-bond acceptors (Lipinski definition) is 3. The Hall–Kier alpha value is -1.95. The van der Waals surface area contributed by atoms with Crippen LogP contribution in [-0.2, 0) is 16.0 Å². The average Bonchev–Trinajstić information content (AvgIpc) is 2.89. The maximum atomic E-state index is 13.1. The Balaban J connectivity index is 1.54. The summed E-state index contributed by atoms with van der Waals surface area (Å²) in [6.45, 7) is 3.18. The number of imidazole rings is 1. The summed E-state index contributed by atoms with van der Waals surface area (Å²) in [7, 11) is 0. The third-order valence-electron chi connectivity index (χ3n) is 4.10. The quantitative estimate of drug-likeness (QED) is 0.910. The van der Waals surface area contributed by atoms with Gasteiger partial charge in [0, 0.05) is 19.6 Å². The van der Waals surface area contributed by atoms with E-state index in [2.05, 4.69) is 15.3 Å². The number of carbonyl (C=O) groups excluding carboxylic acids is 1. The first kappa shape index (κ1) is 15.0. The molecule has 1 aromatic carbocycles. The zero-order valence-corrected chi connectivity index (χ0v) is 12.6. The van der Waals surface area contributed by atoms with E-state index in [0.29, 0.717) is 18.5 Å². The number of amides is 1. The van der Waals surface area contributed by atoms with Gasteiger partial charge in [0.05, 0.1) is 23.1 Å². The van der Waals surface area contributed by atoms with Gasteiger partial charge in [0.1, 0.15) is 11.6 Å². The monoisotopic (exact) mass is 305 g/mol. The first-order valence-corrected chi connectivity index (χ1v) is 7.67.